The summed E-state index contributed by atoms with van der Waals surface area (Å²) in [5.74, 6) is 0.741. The van der Waals surface area contributed by atoms with E-state index in [-0.39, 0.29) is 19.7 Å². The number of aromatic amines is 1. The minimum atomic E-state index is -1.30. The van der Waals surface area contributed by atoms with E-state index in [9.17, 15) is 9.90 Å². The third-order valence-electron chi connectivity index (χ3n) is 3.24. The molecule has 1 aromatic carbocycles. The molecule has 7 heteroatoms. The van der Waals surface area contributed by atoms with Crippen molar-refractivity contribution in [2.75, 3.05) is 20.3 Å². The number of aromatic nitrogens is 2. The molecule has 3 N–H and O–H groups in total. The Kier molecular flexibility index (Phi) is 5.51. The number of nitrogens with one attached hydrogen (secondary N) is 1. The van der Waals surface area contributed by atoms with Crippen molar-refractivity contribution < 1.29 is 19.7 Å². The highest BCUT2D eigenvalue weighted by molar-refractivity contribution is 5.82. The molecule has 2 rings (SSSR count). The van der Waals surface area contributed by atoms with E-state index in [1.54, 1.807) is 43.8 Å². The lowest BCUT2D eigenvalue weighted by molar-refractivity contribution is -0.141. The van der Waals surface area contributed by atoms with Crippen molar-refractivity contribution in [2.24, 2.45) is 0 Å². The Bertz CT molecular complexity index is 583. The lowest BCUT2D eigenvalue weighted by Crippen LogP contribution is -2.37. The summed E-state index contributed by atoms with van der Waals surface area (Å²) in [4.78, 5) is 20.7. The molecule has 0 radical (unpaired) electrons. The molecule has 0 saturated carbocycles. The van der Waals surface area contributed by atoms with Crippen molar-refractivity contribution in [2.45, 2.75) is 12.6 Å². The molecule has 7 nitrogen and oxygen atoms in total. The molecule has 0 bridgehead atoms. The second-order valence-electron chi connectivity index (χ2n) is 4.69. The molecular formula is C15H19N3O4. The Morgan fingerprint density at radius 3 is 2.68 bits per heavy atom. The van der Waals surface area contributed by atoms with Crippen molar-refractivity contribution in [3.05, 3.63) is 48.0 Å². The van der Waals surface area contributed by atoms with Gasteiger partial charge in [0.15, 0.2) is 6.10 Å². The Balaban J connectivity index is 2.10. The largest absolute Gasteiger partial charge is 0.497 e. The number of methoxy groups -OCH3 is 1. The molecule has 1 heterocycles. The molecule has 118 valence electrons. The highest BCUT2D eigenvalue weighted by atomic mass is 16.5. The van der Waals surface area contributed by atoms with Gasteiger partial charge in [0.05, 0.1) is 20.3 Å². The first-order chi connectivity index (χ1) is 10.7. The van der Waals surface area contributed by atoms with Crippen LogP contribution in [0.1, 0.15) is 17.5 Å². The lowest BCUT2D eigenvalue weighted by Gasteiger charge is -2.23. The van der Waals surface area contributed by atoms with Gasteiger partial charge >= 0.3 is 0 Å². The average molecular weight is 305 g/mol. The normalized spacial score (nSPS) is 12.0. The molecule has 1 amide bonds. The number of benzene rings is 1. The van der Waals surface area contributed by atoms with Gasteiger partial charge in [-0.1, -0.05) is 12.1 Å². The summed E-state index contributed by atoms with van der Waals surface area (Å²) in [5.41, 5.74) is 0.466. The maximum atomic E-state index is 12.4. The second kappa shape index (κ2) is 7.58. The number of hydrogen-bond donors (Lipinski definition) is 3. The number of hydrogen-bond acceptors (Lipinski definition) is 5. The fourth-order valence-electron chi connectivity index (χ4n) is 2.05. The molecule has 1 unspecified atom stereocenters. The number of nitrogens with zero attached hydrogens (tertiary/aromatic N) is 2. The Morgan fingerprint density at radius 2 is 2.14 bits per heavy atom. The minimum Gasteiger partial charge on any atom is -0.497 e. The summed E-state index contributed by atoms with van der Waals surface area (Å²) >= 11 is 0. The van der Waals surface area contributed by atoms with E-state index in [1.807, 2.05) is 0 Å². The molecule has 0 aliphatic rings. The van der Waals surface area contributed by atoms with Crippen LogP contribution in [0.4, 0.5) is 0 Å². The van der Waals surface area contributed by atoms with E-state index in [2.05, 4.69) is 9.97 Å². The van der Waals surface area contributed by atoms with Crippen molar-refractivity contribution in [1.29, 1.82) is 0 Å². The molecule has 0 saturated heterocycles. The first-order valence-electron chi connectivity index (χ1n) is 6.85. The number of aliphatic hydroxyl groups excluding tert-OH is 2. The van der Waals surface area contributed by atoms with Gasteiger partial charge in [-0.3, -0.25) is 4.79 Å². The summed E-state index contributed by atoms with van der Waals surface area (Å²) < 4.78 is 5.04. The predicted octanol–water partition coefficient (Wildman–Crippen LogP) is 0.473. The van der Waals surface area contributed by atoms with Crippen LogP contribution in [-0.2, 0) is 11.3 Å². The van der Waals surface area contributed by atoms with Crippen LogP contribution in [-0.4, -0.2) is 51.2 Å². The van der Waals surface area contributed by atoms with Gasteiger partial charge in [0.1, 0.15) is 11.6 Å². The van der Waals surface area contributed by atoms with E-state index < -0.39 is 12.0 Å². The van der Waals surface area contributed by atoms with Crippen LogP contribution in [0.5, 0.6) is 5.75 Å². The number of rotatable bonds is 7. The van der Waals surface area contributed by atoms with Gasteiger partial charge in [-0.15, -0.1) is 0 Å². The van der Waals surface area contributed by atoms with Gasteiger partial charge in [0, 0.05) is 18.9 Å². The van der Waals surface area contributed by atoms with Crippen molar-refractivity contribution in [3.8, 4) is 5.75 Å². The van der Waals surface area contributed by atoms with E-state index in [0.29, 0.717) is 17.1 Å². The fraction of sp³-hybridized carbons (Fsp3) is 0.333. The monoisotopic (exact) mass is 305 g/mol. The van der Waals surface area contributed by atoms with Gasteiger partial charge in [0.2, 0.25) is 0 Å². The average Bonchev–Trinajstić information content (AvgIpc) is 3.06. The molecule has 0 aliphatic carbocycles. The smallest absolute Gasteiger partial charge is 0.256 e. The maximum Gasteiger partial charge on any atom is 0.256 e. The summed E-state index contributed by atoms with van der Waals surface area (Å²) in [6.45, 7) is 0.119. The Hall–Kier alpha value is -2.38. The zero-order valence-corrected chi connectivity index (χ0v) is 12.3. The lowest BCUT2D eigenvalue weighted by atomic mass is 10.1. The third kappa shape index (κ3) is 3.84. The molecule has 0 aliphatic heterocycles. The Labute approximate surface area is 128 Å². The van der Waals surface area contributed by atoms with Gasteiger partial charge in [-0.2, -0.15) is 0 Å². The topological polar surface area (TPSA) is 98.7 Å². The van der Waals surface area contributed by atoms with Gasteiger partial charge in [0.25, 0.3) is 5.91 Å². The van der Waals surface area contributed by atoms with Crippen LogP contribution in [0.3, 0.4) is 0 Å². The van der Waals surface area contributed by atoms with Crippen LogP contribution in [0, 0.1) is 0 Å². The number of ether oxygens (including phenoxy) is 1. The molecular weight excluding hydrogens is 286 g/mol. The number of amides is 1. The number of carbonyl (C=O) groups excluding carboxylic acids is 1. The highest BCUT2D eigenvalue weighted by Crippen LogP contribution is 2.20. The number of H-pyrrole nitrogens is 1. The summed E-state index contributed by atoms with van der Waals surface area (Å²) in [6.07, 6.45) is 1.93. The summed E-state index contributed by atoms with van der Waals surface area (Å²) in [5, 5.41) is 19.3. The van der Waals surface area contributed by atoms with Crippen LogP contribution < -0.4 is 4.74 Å². The zero-order chi connectivity index (χ0) is 15.9. The van der Waals surface area contributed by atoms with E-state index in [0.717, 1.165) is 0 Å². The standard InChI is InChI=1S/C15H19N3O4/c1-22-12-4-2-11(3-5-12)14(20)15(21)18(8-9-19)10-13-16-6-7-17-13/h2-7,14,19-20H,8-10H2,1H3,(H,16,17). The van der Waals surface area contributed by atoms with Crippen LogP contribution >= 0.6 is 0 Å². The van der Waals surface area contributed by atoms with Gasteiger partial charge < -0.3 is 24.8 Å². The Morgan fingerprint density at radius 1 is 1.41 bits per heavy atom. The molecule has 0 spiro atoms. The maximum absolute atomic E-state index is 12.4. The SMILES string of the molecule is COc1ccc(C(O)C(=O)N(CCO)Cc2ncc[nH]2)cc1. The van der Waals surface area contributed by atoms with Crippen molar-refractivity contribution >= 4 is 5.91 Å². The van der Waals surface area contributed by atoms with Crippen LogP contribution in [0.25, 0.3) is 0 Å². The summed E-state index contributed by atoms with van der Waals surface area (Å²) in [7, 11) is 1.54. The van der Waals surface area contributed by atoms with Crippen molar-refractivity contribution in [1.82, 2.24) is 14.9 Å². The highest BCUT2D eigenvalue weighted by Gasteiger charge is 2.24. The number of imidazole rings is 1. The molecule has 1 atom stereocenters. The second-order valence-corrected chi connectivity index (χ2v) is 4.69. The molecule has 1 aromatic heterocycles. The van der Waals surface area contributed by atoms with E-state index in [4.69, 9.17) is 9.84 Å². The van der Waals surface area contributed by atoms with E-state index in [1.165, 1.54) is 4.90 Å². The van der Waals surface area contributed by atoms with Gasteiger partial charge in [-0.25, -0.2) is 4.98 Å². The number of carbonyl (C=O) groups is 1. The van der Waals surface area contributed by atoms with Gasteiger partial charge in [-0.05, 0) is 17.7 Å². The molecule has 0 fully saturated rings. The van der Waals surface area contributed by atoms with Crippen molar-refractivity contribution in [3.63, 3.8) is 0 Å². The first kappa shape index (κ1) is 16.0. The minimum absolute atomic E-state index is 0.118. The fourth-order valence-corrected chi connectivity index (χ4v) is 2.05. The first-order valence-corrected chi connectivity index (χ1v) is 6.85. The predicted molar refractivity (Wildman–Crippen MR) is 79.0 cm³/mol. The molecule has 2 aromatic rings. The van der Waals surface area contributed by atoms with Crippen LogP contribution in [0.2, 0.25) is 0 Å². The summed E-state index contributed by atoms with van der Waals surface area (Å²) in [6, 6.07) is 6.61. The van der Waals surface area contributed by atoms with Crippen LogP contribution in [0.15, 0.2) is 36.7 Å². The zero-order valence-electron chi connectivity index (χ0n) is 12.3. The van der Waals surface area contributed by atoms with E-state index >= 15 is 0 Å². The quantitative estimate of drug-likeness (QED) is 0.691. The number of aliphatic hydroxyl groups is 2. The molecule has 22 heavy (non-hydrogen) atoms. The third-order valence-corrected chi connectivity index (χ3v) is 3.24.